The molecule has 5 rings (SSSR count). The van der Waals surface area contributed by atoms with Crippen molar-refractivity contribution in [1.29, 1.82) is 0 Å². The van der Waals surface area contributed by atoms with Gasteiger partial charge in [-0.2, -0.15) is 0 Å². The number of fused-ring (bicyclic) bond motifs is 2. The summed E-state index contributed by atoms with van der Waals surface area (Å²) in [6.45, 7) is 1.65. The summed E-state index contributed by atoms with van der Waals surface area (Å²) in [6.07, 6.45) is 3.37. The van der Waals surface area contributed by atoms with Crippen molar-refractivity contribution in [2.45, 2.75) is 36.4 Å². The Morgan fingerprint density at radius 3 is 3.03 bits per heavy atom. The van der Waals surface area contributed by atoms with Crippen LogP contribution in [0.15, 0.2) is 41.6 Å². The van der Waals surface area contributed by atoms with Crippen molar-refractivity contribution in [1.82, 2.24) is 20.3 Å². The molecular weight excluding hydrogens is 442 g/mol. The second-order valence-electron chi connectivity index (χ2n) is 7.97. The number of pyridine rings is 1. The number of carbonyl (C=O) groups excluding carboxylic acids is 1. The third kappa shape index (κ3) is 5.18. The zero-order chi connectivity index (χ0) is 22.6. The van der Waals surface area contributed by atoms with Crippen LogP contribution in [0, 0.1) is 0 Å². The minimum atomic E-state index is -0.00634. The van der Waals surface area contributed by atoms with Crippen LogP contribution in [0.2, 0.25) is 0 Å². The molecule has 0 unspecified atom stereocenters. The van der Waals surface area contributed by atoms with Gasteiger partial charge in [-0.15, -0.1) is 11.8 Å². The lowest BCUT2D eigenvalue weighted by atomic mass is 10.1. The lowest BCUT2D eigenvalue weighted by molar-refractivity contribution is -0.113. The molecule has 2 aliphatic heterocycles. The van der Waals surface area contributed by atoms with Crippen LogP contribution in [0.25, 0.3) is 10.9 Å². The highest BCUT2D eigenvalue weighted by Crippen LogP contribution is 2.30. The van der Waals surface area contributed by atoms with Gasteiger partial charge in [-0.05, 0) is 43.2 Å². The first-order valence-electron chi connectivity index (χ1n) is 10.9. The molecule has 9 nitrogen and oxygen atoms in total. The molecule has 1 fully saturated rings. The maximum atomic E-state index is 11.6. The lowest BCUT2D eigenvalue weighted by Gasteiger charge is -2.29. The molecule has 1 amide bonds. The van der Waals surface area contributed by atoms with E-state index in [1.165, 1.54) is 18.1 Å². The smallest absolute Gasteiger partial charge is 0.235 e. The van der Waals surface area contributed by atoms with Gasteiger partial charge < -0.3 is 24.8 Å². The molecule has 0 bridgehead atoms. The van der Waals surface area contributed by atoms with E-state index < -0.39 is 0 Å². The number of benzene rings is 1. The van der Waals surface area contributed by atoms with Gasteiger partial charge in [-0.3, -0.25) is 4.79 Å². The van der Waals surface area contributed by atoms with Gasteiger partial charge >= 0.3 is 0 Å². The van der Waals surface area contributed by atoms with Gasteiger partial charge in [0.05, 0.1) is 47.1 Å². The third-order valence-electron chi connectivity index (χ3n) is 5.69. The Morgan fingerprint density at radius 2 is 2.18 bits per heavy atom. The van der Waals surface area contributed by atoms with E-state index in [1.54, 1.807) is 7.11 Å². The van der Waals surface area contributed by atoms with E-state index in [4.69, 9.17) is 14.2 Å². The molecule has 4 heterocycles. The molecule has 2 atom stereocenters. The van der Waals surface area contributed by atoms with E-state index >= 15 is 0 Å². The number of carbonyl (C=O) groups is 1. The molecule has 1 aromatic carbocycles. The van der Waals surface area contributed by atoms with Crippen molar-refractivity contribution >= 4 is 34.4 Å². The van der Waals surface area contributed by atoms with Gasteiger partial charge in [-0.25, -0.2) is 15.0 Å². The van der Waals surface area contributed by atoms with Crippen molar-refractivity contribution in [3.05, 3.63) is 42.4 Å². The molecule has 1 saturated heterocycles. The summed E-state index contributed by atoms with van der Waals surface area (Å²) in [4.78, 5) is 25.7. The number of methoxy groups -OCH3 is 1. The summed E-state index contributed by atoms with van der Waals surface area (Å²) in [5, 5.41) is 7.16. The van der Waals surface area contributed by atoms with E-state index in [0.717, 1.165) is 40.1 Å². The molecule has 0 radical (unpaired) electrons. The average Bonchev–Trinajstić information content (AvgIpc) is 2.86. The van der Waals surface area contributed by atoms with Crippen LogP contribution in [-0.4, -0.2) is 59.1 Å². The van der Waals surface area contributed by atoms with Gasteiger partial charge in [0.25, 0.3) is 0 Å². The van der Waals surface area contributed by atoms with Crippen molar-refractivity contribution in [2.24, 2.45) is 0 Å². The molecule has 0 spiro atoms. The topological polar surface area (TPSA) is 107 Å². The Balaban J connectivity index is 1.11. The van der Waals surface area contributed by atoms with Crippen LogP contribution < -0.4 is 20.1 Å². The first-order chi connectivity index (χ1) is 16.2. The minimum Gasteiger partial charge on any atom is -0.497 e. The molecule has 3 aromatic rings. The Labute approximate surface area is 195 Å². The average molecular weight is 468 g/mol. The van der Waals surface area contributed by atoms with Crippen LogP contribution in [0.5, 0.6) is 11.6 Å². The molecule has 2 aliphatic rings. The van der Waals surface area contributed by atoms with Crippen molar-refractivity contribution in [2.75, 3.05) is 31.4 Å². The number of amides is 1. The summed E-state index contributed by atoms with van der Waals surface area (Å²) < 4.78 is 17.3. The number of hydrogen-bond acceptors (Lipinski definition) is 9. The number of nitrogens with zero attached hydrogens (tertiary/aromatic N) is 3. The van der Waals surface area contributed by atoms with Crippen LogP contribution in [0.3, 0.4) is 0 Å². The Kier molecular flexibility index (Phi) is 6.56. The van der Waals surface area contributed by atoms with E-state index in [9.17, 15) is 4.79 Å². The van der Waals surface area contributed by atoms with Gasteiger partial charge in [0.1, 0.15) is 24.5 Å². The highest BCUT2D eigenvalue weighted by molar-refractivity contribution is 8.00. The summed E-state index contributed by atoms with van der Waals surface area (Å²) in [5.41, 5.74) is 1.71. The summed E-state index contributed by atoms with van der Waals surface area (Å²) in [5.74, 6) is 2.36. The number of rotatable bonds is 7. The SMILES string of the molecule is COc1ccc2ncnc(OC[C@H]3CC[C@H](NCc4ccc5c(n4)NC(=O)CS5)CO3)c2c1. The van der Waals surface area contributed by atoms with Gasteiger partial charge in [-0.1, -0.05) is 0 Å². The fourth-order valence-electron chi connectivity index (χ4n) is 3.88. The first kappa shape index (κ1) is 21.9. The Hall–Kier alpha value is -2.95. The summed E-state index contributed by atoms with van der Waals surface area (Å²) >= 11 is 1.52. The Bertz CT molecular complexity index is 1150. The predicted octanol–water partition coefficient (Wildman–Crippen LogP) is 2.79. The number of aromatic nitrogens is 3. The summed E-state index contributed by atoms with van der Waals surface area (Å²) in [7, 11) is 1.63. The summed E-state index contributed by atoms with van der Waals surface area (Å²) in [6, 6.07) is 9.89. The minimum absolute atomic E-state index is 0.00634. The third-order valence-corrected chi connectivity index (χ3v) is 6.73. The van der Waals surface area contributed by atoms with Crippen molar-refractivity contribution in [3.8, 4) is 11.6 Å². The molecular formula is C23H25N5O4S. The number of anilines is 1. The second-order valence-corrected chi connectivity index (χ2v) is 8.99. The predicted molar refractivity (Wildman–Crippen MR) is 125 cm³/mol. The molecule has 33 heavy (non-hydrogen) atoms. The van der Waals surface area contributed by atoms with Crippen LogP contribution in [-0.2, 0) is 16.1 Å². The van der Waals surface area contributed by atoms with Gasteiger partial charge in [0, 0.05) is 12.6 Å². The maximum Gasteiger partial charge on any atom is 0.235 e. The highest BCUT2D eigenvalue weighted by atomic mass is 32.2. The quantitative estimate of drug-likeness (QED) is 0.542. The normalized spacial score (nSPS) is 20.2. The largest absolute Gasteiger partial charge is 0.497 e. The van der Waals surface area contributed by atoms with Crippen LogP contribution in [0.1, 0.15) is 18.5 Å². The van der Waals surface area contributed by atoms with E-state index in [2.05, 4.69) is 25.6 Å². The number of nitrogens with one attached hydrogen (secondary N) is 2. The van der Waals surface area contributed by atoms with Crippen molar-refractivity contribution < 1.29 is 19.0 Å². The fourth-order valence-corrected chi connectivity index (χ4v) is 4.63. The standard InChI is InChI=1S/C23H25N5O4S/c1-30-16-5-6-19-18(8-16)23(26-13-25-19)32-11-17-4-2-15(10-31-17)24-9-14-3-7-20-22(27-14)28-21(29)12-33-20/h3,5-8,13,15,17,24H,2,4,9-12H2,1H3,(H,27,28,29)/t15-,17+/m0/s1. The molecule has 0 saturated carbocycles. The maximum absolute atomic E-state index is 11.6. The van der Waals surface area contributed by atoms with Crippen LogP contribution >= 0.6 is 11.8 Å². The monoisotopic (exact) mass is 467 g/mol. The zero-order valence-electron chi connectivity index (χ0n) is 18.2. The van der Waals surface area contributed by atoms with E-state index in [0.29, 0.717) is 37.2 Å². The fraction of sp³-hybridized carbons (Fsp3) is 0.391. The second kappa shape index (κ2) is 9.90. The van der Waals surface area contributed by atoms with Gasteiger partial charge in [0.2, 0.25) is 11.8 Å². The number of ether oxygens (including phenoxy) is 3. The van der Waals surface area contributed by atoms with E-state index in [1.807, 2.05) is 30.3 Å². The zero-order valence-corrected chi connectivity index (χ0v) is 19.1. The molecule has 2 aromatic heterocycles. The number of thioether (sulfide) groups is 1. The molecule has 2 N–H and O–H groups in total. The molecule has 0 aliphatic carbocycles. The Morgan fingerprint density at radius 1 is 1.24 bits per heavy atom. The van der Waals surface area contributed by atoms with E-state index in [-0.39, 0.29) is 18.1 Å². The molecule has 172 valence electrons. The van der Waals surface area contributed by atoms with Crippen LogP contribution in [0.4, 0.5) is 5.82 Å². The first-order valence-corrected chi connectivity index (χ1v) is 11.9. The molecule has 10 heteroatoms. The lowest BCUT2D eigenvalue weighted by Crippen LogP contribution is -2.41. The highest BCUT2D eigenvalue weighted by Gasteiger charge is 2.23. The van der Waals surface area contributed by atoms with Crippen molar-refractivity contribution in [3.63, 3.8) is 0 Å². The number of hydrogen-bond donors (Lipinski definition) is 2. The van der Waals surface area contributed by atoms with Gasteiger partial charge in [0.15, 0.2) is 0 Å².